The number of amides is 1. The largest absolute Gasteiger partial charge is 0.301 e. The number of hydrazine groups is 1. The average Bonchev–Trinajstić information content (AvgIpc) is 2.50. The summed E-state index contributed by atoms with van der Waals surface area (Å²) >= 11 is 0. The van der Waals surface area contributed by atoms with Crippen LogP contribution in [0.25, 0.3) is 0 Å². The Hall–Kier alpha value is -1.43. The molecule has 1 aliphatic rings. The highest BCUT2D eigenvalue weighted by Crippen LogP contribution is 2.14. The summed E-state index contributed by atoms with van der Waals surface area (Å²) in [6, 6.07) is 8.11. The van der Waals surface area contributed by atoms with Crippen molar-refractivity contribution in [2.45, 2.75) is 19.9 Å². The van der Waals surface area contributed by atoms with E-state index in [0.29, 0.717) is 6.42 Å². The summed E-state index contributed by atoms with van der Waals surface area (Å²) in [6.07, 6.45) is 0.349. The lowest BCUT2D eigenvalue weighted by atomic mass is 10.0. The molecule has 1 fully saturated rings. The van der Waals surface area contributed by atoms with Gasteiger partial charge in [0.25, 0.3) is 0 Å². The lowest BCUT2D eigenvalue weighted by molar-refractivity contribution is -0.120. The first-order valence-corrected chi connectivity index (χ1v) is 7.24. The van der Waals surface area contributed by atoms with Crippen LogP contribution in [0.1, 0.15) is 18.1 Å². The molecule has 20 heavy (non-hydrogen) atoms. The second-order valence-electron chi connectivity index (χ2n) is 5.22. The number of hydrogen-bond donors (Lipinski definition) is 2. The first kappa shape index (κ1) is 15.0. The Balaban J connectivity index is 1.97. The van der Waals surface area contributed by atoms with E-state index >= 15 is 0 Å². The summed E-state index contributed by atoms with van der Waals surface area (Å²) in [5.74, 6) is 5.02. The summed E-state index contributed by atoms with van der Waals surface area (Å²) in [7, 11) is 0. The molecule has 5 nitrogen and oxygen atoms in total. The number of piperazine rings is 1. The fraction of sp³-hybridized carbons (Fsp3) is 0.533. The molecule has 2 rings (SSSR count). The Bertz CT molecular complexity index is 441. The van der Waals surface area contributed by atoms with Crippen molar-refractivity contribution in [2.24, 2.45) is 5.84 Å². The second kappa shape index (κ2) is 7.38. The summed E-state index contributed by atoms with van der Waals surface area (Å²) < 4.78 is 0. The highest BCUT2D eigenvalue weighted by Gasteiger charge is 2.17. The zero-order valence-corrected chi connectivity index (χ0v) is 12.1. The number of nitrogens with two attached hydrogens (primary N) is 1. The highest BCUT2D eigenvalue weighted by atomic mass is 16.2. The molecule has 0 bridgehead atoms. The molecular formula is C15H24N4O. The minimum Gasteiger partial charge on any atom is -0.301 e. The zero-order valence-electron chi connectivity index (χ0n) is 12.1. The van der Waals surface area contributed by atoms with Crippen LogP contribution in [0.15, 0.2) is 24.3 Å². The fourth-order valence-electron chi connectivity index (χ4n) is 2.61. The number of benzene rings is 1. The van der Waals surface area contributed by atoms with Gasteiger partial charge in [-0.2, -0.15) is 0 Å². The predicted molar refractivity (Wildman–Crippen MR) is 79.9 cm³/mol. The van der Waals surface area contributed by atoms with Crippen LogP contribution in [0.5, 0.6) is 0 Å². The third kappa shape index (κ3) is 4.03. The third-order valence-electron chi connectivity index (χ3n) is 3.94. The van der Waals surface area contributed by atoms with Gasteiger partial charge < -0.3 is 4.90 Å². The van der Waals surface area contributed by atoms with E-state index in [1.54, 1.807) is 0 Å². The number of nitrogens with zero attached hydrogens (tertiary/aromatic N) is 2. The van der Waals surface area contributed by atoms with Crippen molar-refractivity contribution in [3.05, 3.63) is 35.4 Å². The Kier molecular flexibility index (Phi) is 5.52. The molecule has 0 aliphatic carbocycles. The van der Waals surface area contributed by atoms with Crippen molar-refractivity contribution in [1.29, 1.82) is 0 Å². The topological polar surface area (TPSA) is 61.6 Å². The molecule has 110 valence electrons. The van der Waals surface area contributed by atoms with Crippen molar-refractivity contribution in [3.63, 3.8) is 0 Å². The highest BCUT2D eigenvalue weighted by molar-refractivity contribution is 5.78. The zero-order chi connectivity index (χ0) is 14.4. The van der Waals surface area contributed by atoms with E-state index < -0.39 is 0 Å². The molecule has 1 aromatic rings. The molecule has 1 saturated heterocycles. The molecule has 5 heteroatoms. The van der Waals surface area contributed by atoms with Gasteiger partial charge in [0.05, 0.1) is 6.42 Å². The predicted octanol–water partition coefficient (Wildman–Crippen LogP) is 0.357. The van der Waals surface area contributed by atoms with E-state index in [9.17, 15) is 4.79 Å². The van der Waals surface area contributed by atoms with E-state index in [2.05, 4.69) is 28.2 Å². The third-order valence-corrected chi connectivity index (χ3v) is 3.94. The van der Waals surface area contributed by atoms with Crippen LogP contribution >= 0.6 is 0 Å². The first-order valence-electron chi connectivity index (χ1n) is 7.24. The summed E-state index contributed by atoms with van der Waals surface area (Å²) in [6.45, 7) is 8.67. The lowest BCUT2D eigenvalue weighted by Crippen LogP contribution is -2.45. The Labute approximate surface area is 120 Å². The number of rotatable bonds is 5. The van der Waals surface area contributed by atoms with Crippen LogP contribution in [-0.4, -0.2) is 48.4 Å². The van der Waals surface area contributed by atoms with Gasteiger partial charge in [0.15, 0.2) is 0 Å². The maximum Gasteiger partial charge on any atom is 0.238 e. The van der Waals surface area contributed by atoms with Crippen molar-refractivity contribution in [1.82, 2.24) is 15.2 Å². The van der Waals surface area contributed by atoms with Crippen LogP contribution < -0.4 is 11.3 Å². The van der Waals surface area contributed by atoms with Crippen molar-refractivity contribution in [3.8, 4) is 0 Å². The molecule has 1 aliphatic heterocycles. The molecule has 0 atom stereocenters. The van der Waals surface area contributed by atoms with Crippen molar-refractivity contribution < 1.29 is 4.79 Å². The molecular weight excluding hydrogens is 252 g/mol. The van der Waals surface area contributed by atoms with Gasteiger partial charge in [-0.1, -0.05) is 31.2 Å². The number of carbonyl (C=O) groups is 1. The summed E-state index contributed by atoms with van der Waals surface area (Å²) in [5.41, 5.74) is 4.49. The number of nitrogens with one attached hydrogen (secondary N) is 1. The molecule has 1 heterocycles. The summed E-state index contributed by atoms with van der Waals surface area (Å²) in [5, 5.41) is 0. The van der Waals surface area contributed by atoms with E-state index in [0.717, 1.165) is 44.8 Å². The molecule has 1 aromatic carbocycles. The molecule has 3 N–H and O–H groups in total. The smallest absolute Gasteiger partial charge is 0.238 e. The van der Waals surface area contributed by atoms with Gasteiger partial charge in [-0.3, -0.25) is 15.1 Å². The Morgan fingerprint density at radius 1 is 1.15 bits per heavy atom. The van der Waals surface area contributed by atoms with Gasteiger partial charge in [-0.05, 0) is 17.7 Å². The van der Waals surface area contributed by atoms with Gasteiger partial charge >= 0.3 is 0 Å². The maximum atomic E-state index is 11.5. The SMILES string of the molecule is CCN1CCN(Cc2ccccc2CC(=O)NN)CC1. The van der Waals surface area contributed by atoms with Gasteiger partial charge in [-0.15, -0.1) is 0 Å². The standard InChI is InChI=1S/C15H24N4O/c1-2-18-7-9-19(10-8-18)12-14-6-4-3-5-13(14)11-15(20)17-16/h3-6H,2,7-12,16H2,1H3,(H,17,20). The molecule has 0 radical (unpaired) electrons. The molecule has 0 aromatic heterocycles. The average molecular weight is 276 g/mol. The van der Waals surface area contributed by atoms with Gasteiger partial charge in [0.2, 0.25) is 5.91 Å². The maximum absolute atomic E-state index is 11.5. The van der Waals surface area contributed by atoms with Crippen LogP contribution in [0.4, 0.5) is 0 Å². The minimum atomic E-state index is -0.145. The number of likely N-dealkylation sites (N-methyl/N-ethyl adjacent to an activating group) is 1. The monoisotopic (exact) mass is 276 g/mol. The second-order valence-corrected chi connectivity index (χ2v) is 5.22. The van der Waals surface area contributed by atoms with E-state index in [1.165, 1.54) is 5.56 Å². The van der Waals surface area contributed by atoms with E-state index in [4.69, 9.17) is 5.84 Å². The van der Waals surface area contributed by atoms with E-state index in [-0.39, 0.29) is 5.91 Å². The number of hydrogen-bond acceptors (Lipinski definition) is 4. The van der Waals surface area contributed by atoms with Crippen LogP contribution in [0.2, 0.25) is 0 Å². The van der Waals surface area contributed by atoms with Crippen molar-refractivity contribution >= 4 is 5.91 Å². The van der Waals surface area contributed by atoms with Gasteiger partial charge in [0, 0.05) is 32.7 Å². The Morgan fingerprint density at radius 2 is 1.75 bits per heavy atom. The normalized spacial score (nSPS) is 17.1. The van der Waals surface area contributed by atoms with Gasteiger partial charge in [0.1, 0.15) is 0 Å². The van der Waals surface area contributed by atoms with Crippen LogP contribution in [0.3, 0.4) is 0 Å². The first-order chi connectivity index (χ1) is 9.72. The fourth-order valence-corrected chi connectivity index (χ4v) is 2.61. The quantitative estimate of drug-likeness (QED) is 0.463. The number of carbonyl (C=O) groups excluding carboxylic acids is 1. The van der Waals surface area contributed by atoms with Crippen LogP contribution in [-0.2, 0) is 17.8 Å². The van der Waals surface area contributed by atoms with Gasteiger partial charge in [-0.25, -0.2) is 5.84 Å². The van der Waals surface area contributed by atoms with Crippen molar-refractivity contribution in [2.75, 3.05) is 32.7 Å². The molecule has 0 spiro atoms. The lowest BCUT2D eigenvalue weighted by Gasteiger charge is -2.34. The summed E-state index contributed by atoms with van der Waals surface area (Å²) in [4.78, 5) is 16.4. The van der Waals surface area contributed by atoms with Crippen LogP contribution in [0, 0.1) is 0 Å². The molecule has 0 unspecified atom stereocenters. The molecule has 0 saturated carbocycles. The van der Waals surface area contributed by atoms with E-state index in [1.807, 2.05) is 18.2 Å². The Morgan fingerprint density at radius 3 is 2.35 bits per heavy atom. The minimum absolute atomic E-state index is 0.145. The molecule has 1 amide bonds.